The molecule has 0 heterocycles. The predicted molar refractivity (Wildman–Crippen MR) is 41.6 cm³/mol. The molecule has 3 aliphatic rings. The van der Waals surface area contributed by atoms with Crippen LogP contribution in [0.4, 0.5) is 0 Å². The van der Waals surface area contributed by atoms with Crippen molar-refractivity contribution < 1.29 is 0 Å². The van der Waals surface area contributed by atoms with E-state index in [1.54, 1.807) is 25.7 Å². The molecule has 0 aliphatic heterocycles. The minimum atomic E-state index is 1.09. The van der Waals surface area contributed by atoms with Gasteiger partial charge in [0, 0.05) is 0 Å². The minimum Gasteiger partial charge on any atom is -0.0622 e. The highest BCUT2D eigenvalue weighted by atomic mass is 14.6. The summed E-state index contributed by atoms with van der Waals surface area (Å²) in [4.78, 5) is 0. The SMILES string of the molecule is CC1CC2CC3CCC1C32. The highest BCUT2D eigenvalue weighted by Crippen LogP contribution is 2.63. The average Bonchev–Trinajstić information content (AvgIpc) is 2.27. The third-order valence-electron chi connectivity index (χ3n) is 4.46. The van der Waals surface area contributed by atoms with E-state index in [1.165, 1.54) is 23.7 Å². The summed E-state index contributed by atoms with van der Waals surface area (Å²) in [6, 6.07) is 0. The minimum absolute atomic E-state index is 1.09. The lowest BCUT2D eigenvalue weighted by atomic mass is 9.68. The van der Waals surface area contributed by atoms with Gasteiger partial charge in [-0.3, -0.25) is 0 Å². The fourth-order valence-electron chi connectivity index (χ4n) is 4.07. The Hall–Kier alpha value is 0. The lowest BCUT2D eigenvalue weighted by Crippen LogP contribution is -2.30. The summed E-state index contributed by atoms with van der Waals surface area (Å²) in [7, 11) is 0. The third-order valence-corrected chi connectivity index (χ3v) is 4.46. The Labute approximate surface area is 63.0 Å². The molecule has 0 aromatic rings. The second kappa shape index (κ2) is 1.60. The Morgan fingerprint density at radius 3 is 2.70 bits per heavy atom. The van der Waals surface area contributed by atoms with E-state index in [9.17, 15) is 0 Å². The van der Waals surface area contributed by atoms with Gasteiger partial charge in [0.05, 0.1) is 0 Å². The first-order valence-electron chi connectivity index (χ1n) is 4.86. The summed E-state index contributed by atoms with van der Waals surface area (Å²) in [5.74, 6) is 5.86. The monoisotopic (exact) mass is 136 g/mol. The van der Waals surface area contributed by atoms with Crippen molar-refractivity contribution in [3.63, 3.8) is 0 Å². The van der Waals surface area contributed by atoms with E-state index in [2.05, 4.69) is 6.92 Å². The molecule has 5 atom stereocenters. The molecule has 3 saturated carbocycles. The quantitative estimate of drug-likeness (QED) is 0.480. The lowest BCUT2D eigenvalue weighted by molar-refractivity contribution is 0.116. The molecule has 0 N–H and O–H groups in total. The topological polar surface area (TPSA) is 0 Å². The van der Waals surface area contributed by atoms with Crippen LogP contribution in [0.3, 0.4) is 0 Å². The van der Waals surface area contributed by atoms with Gasteiger partial charge in [0.25, 0.3) is 0 Å². The van der Waals surface area contributed by atoms with E-state index in [0.29, 0.717) is 0 Å². The van der Waals surface area contributed by atoms with Gasteiger partial charge in [-0.2, -0.15) is 0 Å². The summed E-state index contributed by atoms with van der Waals surface area (Å²) in [6.45, 7) is 2.48. The molecule has 3 rings (SSSR count). The second-order valence-corrected chi connectivity index (χ2v) is 4.79. The van der Waals surface area contributed by atoms with E-state index in [1.807, 2.05) is 0 Å². The summed E-state index contributed by atoms with van der Waals surface area (Å²) < 4.78 is 0. The summed E-state index contributed by atoms with van der Waals surface area (Å²) >= 11 is 0. The lowest BCUT2D eigenvalue weighted by Gasteiger charge is -2.37. The Balaban J connectivity index is 1.93. The number of hydrogen-bond donors (Lipinski definition) is 0. The first-order chi connectivity index (χ1) is 4.86. The molecule has 0 aromatic carbocycles. The van der Waals surface area contributed by atoms with E-state index in [-0.39, 0.29) is 0 Å². The van der Waals surface area contributed by atoms with Crippen LogP contribution in [0.15, 0.2) is 0 Å². The molecule has 0 bridgehead atoms. The van der Waals surface area contributed by atoms with Crippen LogP contribution in [-0.4, -0.2) is 0 Å². The zero-order valence-electron chi connectivity index (χ0n) is 6.72. The van der Waals surface area contributed by atoms with Crippen molar-refractivity contribution >= 4 is 0 Å². The fourth-order valence-corrected chi connectivity index (χ4v) is 4.07. The molecule has 0 saturated heterocycles. The molecule has 0 amide bonds. The van der Waals surface area contributed by atoms with Crippen LogP contribution in [0, 0.1) is 29.6 Å². The van der Waals surface area contributed by atoms with Crippen molar-refractivity contribution in [2.45, 2.75) is 32.6 Å². The van der Waals surface area contributed by atoms with Gasteiger partial charge in [0.1, 0.15) is 0 Å². The summed E-state index contributed by atoms with van der Waals surface area (Å²) in [6.07, 6.45) is 6.33. The normalized spacial score (nSPS) is 63.9. The summed E-state index contributed by atoms with van der Waals surface area (Å²) in [5, 5.41) is 0. The van der Waals surface area contributed by atoms with Crippen LogP contribution in [0.1, 0.15) is 32.6 Å². The van der Waals surface area contributed by atoms with Crippen molar-refractivity contribution in [1.29, 1.82) is 0 Å². The molecule has 5 unspecified atom stereocenters. The van der Waals surface area contributed by atoms with Gasteiger partial charge in [-0.05, 0) is 55.3 Å². The molecule has 10 heavy (non-hydrogen) atoms. The van der Waals surface area contributed by atoms with Gasteiger partial charge < -0.3 is 0 Å². The molecule has 3 fully saturated rings. The molecular formula is C10H16. The molecule has 0 spiro atoms. The average molecular weight is 136 g/mol. The third kappa shape index (κ3) is 0.466. The number of rotatable bonds is 0. The van der Waals surface area contributed by atoms with E-state index < -0.39 is 0 Å². The van der Waals surface area contributed by atoms with Crippen LogP contribution >= 0.6 is 0 Å². The van der Waals surface area contributed by atoms with Crippen LogP contribution in [0.2, 0.25) is 0 Å². The Morgan fingerprint density at radius 2 is 1.90 bits per heavy atom. The largest absolute Gasteiger partial charge is 0.0622 e. The molecule has 0 nitrogen and oxygen atoms in total. The first kappa shape index (κ1) is 5.62. The van der Waals surface area contributed by atoms with Crippen LogP contribution in [0.25, 0.3) is 0 Å². The zero-order chi connectivity index (χ0) is 6.72. The van der Waals surface area contributed by atoms with Crippen LogP contribution < -0.4 is 0 Å². The molecule has 0 radical (unpaired) electrons. The maximum absolute atomic E-state index is 2.48. The van der Waals surface area contributed by atoms with Gasteiger partial charge >= 0.3 is 0 Å². The van der Waals surface area contributed by atoms with Gasteiger partial charge in [-0.25, -0.2) is 0 Å². The van der Waals surface area contributed by atoms with Crippen molar-refractivity contribution in [1.82, 2.24) is 0 Å². The van der Waals surface area contributed by atoms with Crippen molar-refractivity contribution in [2.24, 2.45) is 29.6 Å². The van der Waals surface area contributed by atoms with E-state index in [0.717, 1.165) is 5.92 Å². The number of hydrogen-bond acceptors (Lipinski definition) is 0. The van der Waals surface area contributed by atoms with Gasteiger partial charge in [0.15, 0.2) is 0 Å². The van der Waals surface area contributed by atoms with E-state index in [4.69, 9.17) is 0 Å². The van der Waals surface area contributed by atoms with E-state index >= 15 is 0 Å². The molecule has 0 aromatic heterocycles. The Kier molecular flexibility index (Phi) is 0.898. The second-order valence-electron chi connectivity index (χ2n) is 4.79. The molecule has 0 heteroatoms. The maximum atomic E-state index is 2.48. The maximum Gasteiger partial charge on any atom is -0.0326 e. The highest BCUT2D eigenvalue weighted by molar-refractivity contribution is 5.04. The summed E-state index contributed by atoms with van der Waals surface area (Å²) in [5.41, 5.74) is 0. The van der Waals surface area contributed by atoms with Crippen molar-refractivity contribution in [3.05, 3.63) is 0 Å². The predicted octanol–water partition coefficient (Wildman–Crippen LogP) is 2.69. The standard InChI is InChI=1S/C10H16/c1-6-4-8-5-7-2-3-9(6)10(7)8/h6-10H,2-5H2,1H3. The van der Waals surface area contributed by atoms with Crippen molar-refractivity contribution in [3.8, 4) is 0 Å². The van der Waals surface area contributed by atoms with Crippen LogP contribution in [-0.2, 0) is 0 Å². The van der Waals surface area contributed by atoms with Gasteiger partial charge in [-0.15, -0.1) is 0 Å². The molecular weight excluding hydrogens is 120 g/mol. The van der Waals surface area contributed by atoms with Gasteiger partial charge in [0.2, 0.25) is 0 Å². The van der Waals surface area contributed by atoms with Crippen LogP contribution in [0.5, 0.6) is 0 Å². The smallest absolute Gasteiger partial charge is 0.0326 e. The van der Waals surface area contributed by atoms with Crippen molar-refractivity contribution in [2.75, 3.05) is 0 Å². The Bertz CT molecular complexity index is 157. The first-order valence-corrected chi connectivity index (χ1v) is 4.86. The highest BCUT2D eigenvalue weighted by Gasteiger charge is 2.55. The zero-order valence-corrected chi connectivity index (χ0v) is 6.72. The Morgan fingerprint density at radius 1 is 1.00 bits per heavy atom. The van der Waals surface area contributed by atoms with Gasteiger partial charge in [-0.1, -0.05) is 6.92 Å². The fraction of sp³-hybridized carbons (Fsp3) is 1.00. The molecule has 56 valence electrons. The molecule has 3 aliphatic carbocycles.